The van der Waals surface area contributed by atoms with Gasteiger partial charge in [-0.2, -0.15) is 0 Å². The van der Waals surface area contributed by atoms with Crippen molar-refractivity contribution in [1.82, 2.24) is 15.5 Å². The number of nitrogens with zero attached hydrogens (tertiary/aromatic N) is 1. The highest BCUT2D eigenvalue weighted by molar-refractivity contribution is 5.76. The van der Waals surface area contributed by atoms with Gasteiger partial charge in [-0.25, -0.2) is 0 Å². The van der Waals surface area contributed by atoms with Crippen molar-refractivity contribution in [2.45, 2.75) is 50.2 Å². The summed E-state index contributed by atoms with van der Waals surface area (Å²) in [7, 11) is 2.26. The fourth-order valence-electron chi connectivity index (χ4n) is 4.00. The van der Waals surface area contributed by atoms with Crippen LogP contribution in [0.5, 0.6) is 0 Å². The molecule has 0 aromatic carbocycles. The van der Waals surface area contributed by atoms with Crippen molar-refractivity contribution in [2.24, 2.45) is 5.92 Å². The SMILES string of the molecule is CN1C2CCC1CC(CNC(=O)CC1COCCN1)C2. The number of morpholine rings is 1. The number of rotatable bonds is 4. The first-order chi connectivity index (χ1) is 9.72. The topological polar surface area (TPSA) is 53.6 Å². The second kappa shape index (κ2) is 6.41. The molecule has 3 fully saturated rings. The Bertz CT molecular complexity index is 330. The average Bonchev–Trinajstić information content (AvgIpc) is 2.68. The number of nitrogens with one attached hydrogen (secondary N) is 2. The summed E-state index contributed by atoms with van der Waals surface area (Å²) in [5, 5.41) is 6.46. The lowest BCUT2D eigenvalue weighted by Gasteiger charge is -2.36. The van der Waals surface area contributed by atoms with Gasteiger partial charge in [0.15, 0.2) is 0 Å². The molecule has 3 heterocycles. The number of carbonyl (C=O) groups excluding carboxylic acids is 1. The highest BCUT2D eigenvalue weighted by Crippen LogP contribution is 2.36. The molecule has 0 aromatic heterocycles. The lowest BCUT2D eigenvalue weighted by molar-refractivity contribution is -0.122. The minimum atomic E-state index is 0.166. The summed E-state index contributed by atoms with van der Waals surface area (Å²) in [6, 6.07) is 1.70. The zero-order chi connectivity index (χ0) is 13.9. The molecule has 1 amide bonds. The summed E-state index contributed by atoms with van der Waals surface area (Å²) in [6.07, 6.45) is 5.72. The van der Waals surface area contributed by atoms with E-state index >= 15 is 0 Å². The predicted octanol–water partition coefficient (Wildman–Crippen LogP) is 0.354. The molecule has 0 aliphatic carbocycles. The second-order valence-corrected chi connectivity index (χ2v) is 6.62. The highest BCUT2D eigenvalue weighted by Gasteiger charge is 2.38. The largest absolute Gasteiger partial charge is 0.378 e. The highest BCUT2D eigenvalue weighted by atomic mass is 16.5. The molecule has 2 N–H and O–H groups in total. The predicted molar refractivity (Wildman–Crippen MR) is 77.5 cm³/mol. The first kappa shape index (κ1) is 14.3. The monoisotopic (exact) mass is 281 g/mol. The first-order valence-electron chi connectivity index (χ1n) is 8.02. The van der Waals surface area contributed by atoms with Crippen molar-refractivity contribution >= 4 is 5.91 Å². The summed E-state index contributed by atoms with van der Waals surface area (Å²) in [5.74, 6) is 0.836. The van der Waals surface area contributed by atoms with Crippen molar-refractivity contribution in [1.29, 1.82) is 0 Å². The average molecular weight is 281 g/mol. The van der Waals surface area contributed by atoms with Crippen LogP contribution in [-0.2, 0) is 9.53 Å². The van der Waals surface area contributed by atoms with Gasteiger partial charge in [0.1, 0.15) is 0 Å². The van der Waals surface area contributed by atoms with Gasteiger partial charge in [0, 0.05) is 37.6 Å². The van der Waals surface area contributed by atoms with Crippen molar-refractivity contribution in [2.75, 3.05) is 33.4 Å². The van der Waals surface area contributed by atoms with Gasteiger partial charge in [-0.15, -0.1) is 0 Å². The molecular formula is C15H27N3O2. The Kier molecular flexibility index (Phi) is 4.58. The third-order valence-corrected chi connectivity index (χ3v) is 5.21. The molecule has 0 aromatic rings. The number of fused-ring (bicyclic) bond motifs is 2. The standard InChI is InChI=1S/C15H27N3O2/c1-18-13-2-3-14(18)7-11(6-13)9-17-15(19)8-12-10-20-5-4-16-12/h11-14,16H,2-10H2,1H3,(H,17,19). The molecule has 0 spiro atoms. The zero-order valence-corrected chi connectivity index (χ0v) is 12.4. The Morgan fingerprint density at radius 2 is 2.10 bits per heavy atom. The molecule has 20 heavy (non-hydrogen) atoms. The number of piperidine rings is 1. The van der Waals surface area contributed by atoms with Crippen LogP contribution in [-0.4, -0.2) is 62.3 Å². The van der Waals surface area contributed by atoms with E-state index in [1.807, 2.05) is 0 Å². The van der Waals surface area contributed by atoms with Crippen molar-refractivity contribution < 1.29 is 9.53 Å². The molecule has 5 heteroatoms. The Hall–Kier alpha value is -0.650. The Morgan fingerprint density at radius 1 is 1.35 bits per heavy atom. The number of carbonyl (C=O) groups is 1. The van der Waals surface area contributed by atoms with Crippen LogP contribution in [0.2, 0.25) is 0 Å². The van der Waals surface area contributed by atoms with Crippen LogP contribution in [0.15, 0.2) is 0 Å². The summed E-state index contributed by atoms with van der Waals surface area (Å²) in [4.78, 5) is 14.5. The molecule has 0 saturated carbocycles. The molecule has 3 unspecified atom stereocenters. The van der Waals surface area contributed by atoms with Gasteiger partial charge in [0.25, 0.3) is 0 Å². The normalized spacial score (nSPS) is 37.9. The van der Waals surface area contributed by atoms with Crippen LogP contribution >= 0.6 is 0 Å². The van der Waals surface area contributed by atoms with Crippen LogP contribution in [0.4, 0.5) is 0 Å². The van der Waals surface area contributed by atoms with Crippen molar-refractivity contribution in [3.05, 3.63) is 0 Å². The fraction of sp³-hybridized carbons (Fsp3) is 0.933. The molecule has 0 radical (unpaired) electrons. The lowest BCUT2D eigenvalue weighted by Crippen LogP contribution is -2.46. The fourth-order valence-corrected chi connectivity index (χ4v) is 4.00. The van der Waals surface area contributed by atoms with E-state index in [1.165, 1.54) is 25.7 Å². The van der Waals surface area contributed by atoms with E-state index in [0.29, 0.717) is 18.9 Å². The molecule has 3 saturated heterocycles. The zero-order valence-electron chi connectivity index (χ0n) is 12.4. The van der Waals surface area contributed by atoms with Gasteiger partial charge in [-0.3, -0.25) is 4.79 Å². The number of ether oxygens (including phenoxy) is 1. The first-order valence-corrected chi connectivity index (χ1v) is 8.02. The molecule has 114 valence electrons. The van der Waals surface area contributed by atoms with Gasteiger partial charge in [0.2, 0.25) is 5.91 Å². The van der Waals surface area contributed by atoms with Crippen LogP contribution in [0.1, 0.15) is 32.1 Å². The van der Waals surface area contributed by atoms with Crippen LogP contribution in [0.25, 0.3) is 0 Å². The van der Waals surface area contributed by atoms with E-state index in [9.17, 15) is 4.79 Å². The van der Waals surface area contributed by atoms with Gasteiger partial charge >= 0.3 is 0 Å². The van der Waals surface area contributed by atoms with Crippen LogP contribution in [0, 0.1) is 5.92 Å². The number of hydrogen-bond donors (Lipinski definition) is 2. The summed E-state index contributed by atoms with van der Waals surface area (Å²) >= 11 is 0. The molecule has 2 bridgehead atoms. The van der Waals surface area contributed by atoms with E-state index < -0.39 is 0 Å². The minimum absolute atomic E-state index is 0.166. The molecule has 3 aliphatic rings. The summed E-state index contributed by atoms with van der Waals surface area (Å²) in [6.45, 7) is 3.13. The van der Waals surface area contributed by atoms with E-state index in [0.717, 1.165) is 31.8 Å². The van der Waals surface area contributed by atoms with Gasteiger partial charge < -0.3 is 20.3 Å². The van der Waals surface area contributed by atoms with E-state index in [1.54, 1.807) is 0 Å². The maximum Gasteiger partial charge on any atom is 0.221 e. The Morgan fingerprint density at radius 3 is 2.75 bits per heavy atom. The molecular weight excluding hydrogens is 254 g/mol. The number of amides is 1. The van der Waals surface area contributed by atoms with E-state index in [-0.39, 0.29) is 11.9 Å². The molecule has 3 rings (SSSR count). The number of hydrogen-bond acceptors (Lipinski definition) is 4. The van der Waals surface area contributed by atoms with E-state index in [4.69, 9.17) is 4.74 Å². The molecule has 5 nitrogen and oxygen atoms in total. The van der Waals surface area contributed by atoms with Crippen LogP contribution in [0.3, 0.4) is 0 Å². The molecule has 3 aliphatic heterocycles. The summed E-state index contributed by atoms with van der Waals surface area (Å²) in [5.41, 5.74) is 0. The Balaban J connectivity index is 1.38. The molecule has 3 atom stereocenters. The Labute approximate surface area is 121 Å². The lowest BCUT2D eigenvalue weighted by atomic mass is 9.91. The second-order valence-electron chi connectivity index (χ2n) is 6.62. The van der Waals surface area contributed by atoms with Gasteiger partial charge in [0.05, 0.1) is 13.2 Å². The smallest absolute Gasteiger partial charge is 0.221 e. The maximum atomic E-state index is 12.0. The quantitative estimate of drug-likeness (QED) is 0.781. The maximum absolute atomic E-state index is 12.0. The third-order valence-electron chi connectivity index (χ3n) is 5.21. The van der Waals surface area contributed by atoms with Crippen molar-refractivity contribution in [3.8, 4) is 0 Å². The van der Waals surface area contributed by atoms with Gasteiger partial charge in [-0.1, -0.05) is 0 Å². The summed E-state index contributed by atoms with van der Waals surface area (Å²) < 4.78 is 5.38. The third kappa shape index (κ3) is 3.32. The van der Waals surface area contributed by atoms with E-state index in [2.05, 4.69) is 22.6 Å². The van der Waals surface area contributed by atoms with Gasteiger partial charge in [-0.05, 0) is 38.6 Å². The minimum Gasteiger partial charge on any atom is -0.378 e. The van der Waals surface area contributed by atoms with Crippen LogP contribution < -0.4 is 10.6 Å². The van der Waals surface area contributed by atoms with Crippen molar-refractivity contribution in [3.63, 3.8) is 0 Å².